The molecule has 0 saturated heterocycles. The molecule has 0 saturated carbocycles. The summed E-state index contributed by atoms with van der Waals surface area (Å²) in [6.07, 6.45) is 3.07. The van der Waals surface area contributed by atoms with Crippen molar-refractivity contribution < 1.29 is 15.3 Å². The minimum atomic E-state index is 0.802. The average Bonchev–Trinajstić information content (AvgIpc) is 3.63. The summed E-state index contributed by atoms with van der Waals surface area (Å²) in [5, 5.41) is 19.9. The highest BCUT2D eigenvalue weighted by atomic mass is 15.2. The Morgan fingerprint density at radius 2 is 1.42 bits per heavy atom. The first kappa shape index (κ1) is 23.4. The molecule has 9 heteroatoms. The molecule has 4 rings (SSSR count). The topological polar surface area (TPSA) is 117 Å². The summed E-state index contributed by atoms with van der Waals surface area (Å²) in [6, 6.07) is 0. The van der Waals surface area contributed by atoms with Gasteiger partial charge in [0.2, 0.25) is 0 Å². The fourth-order valence-electron chi connectivity index (χ4n) is 5.25. The number of nitrogens with zero attached hydrogens (tertiary/aromatic N) is 1. The molecular weight excluding hydrogens is 414 g/mol. The summed E-state index contributed by atoms with van der Waals surface area (Å²) < 4.78 is 0. The van der Waals surface area contributed by atoms with Crippen LogP contribution in [0.4, 0.5) is 0 Å². The zero-order valence-electron chi connectivity index (χ0n) is 20.5. The number of aliphatic imine (C=N–C) groups is 1. The van der Waals surface area contributed by atoms with E-state index in [1.807, 2.05) is 0 Å². The lowest BCUT2D eigenvalue weighted by atomic mass is 9.83. The van der Waals surface area contributed by atoms with E-state index in [0.29, 0.717) is 0 Å². The number of hydrogen-bond acceptors (Lipinski definition) is 6. The van der Waals surface area contributed by atoms with E-state index in [1.54, 1.807) is 0 Å². The number of nitrogens with two attached hydrogens (primary N) is 1. The van der Waals surface area contributed by atoms with Gasteiger partial charge in [-0.1, -0.05) is 20.8 Å². The van der Waals surface area contributed by atoms with Crippen molar-refractivity contribution in [2.24, 2.45) is 4.99 Å². The molecule has 33 heavy (non-hydrogen) atoms. The van der Waals surface area contributed by atoms with Crippen LogP contribution in [0.15, 0.2) is 4.99 Å². The molecule has 0 fully saturated rings. The second-order valence-electron chi connectivity index (χ2n) is 8.71. The molecule has 3 aliphatic rings. The van der Waals surface area contributed by atoms with Gasteiger partial charge in [0.15, 0.2) is 5.96 Å². The third-order valence-electron chi connectivity index (χ3n) is 6.79. The van der Waals surface area contributed by atoms with E-state index >= 15 is 0 Å². The quantitative estimate of drug-likeness (QED) is 0.191. The van der Waals surface area contributed by atoms with Crippen LogP contribution in [0.25, 0.3) is 0 Å². The summed E-state index contributed by atoms with van der Waals surface area (Å²) >= 11 is 0. The normalized spacial score (nSPS) is 17.2. The molecule has 9 N–H and O–H groups in total. The zero-order chi connectivity index (χ0) is 23.0. The number of rotatable bonds is 9. The smallest absolute Gasteiger partial charge is 0.355 e. The minimum Gasteiger partial charge on any atom is -0.355 e. The van der Waals surface area contributed by atoms with Crippen LogP contribution in [-0.4, -0.2) is 57.1 Å². The standard InChI is InChI=1S/C24H39N9/c1-4-16-19(13-31-22-25-7-8-26-22)17(5-2)21(15-33-24-29-11-12-30-24)18(6-3)20(16)14-32-23-27-9-10-28-23/h4-15H2,1-3H3,(H2,25,26,31)(H2,27,28,32)(H2,29,30,33)/p+3. The Kier molecular flexibility index (Phi) is 8.04. The highest BCUT2D eigenvalue weighted by Crippen LogP contribution is 2.30. The fourth-order valence-corrected chi connectivity index (χ4v) is 5.25. The lowest BCUT2D eigenvalue weighted by Gasteiger charge is -2.25. The van der Waals surface area contributed by atoms with E-state index < -0.39 is 0 Å². The minimum absolute atomic E-state index is 0.802. The van der Waals surface area contributed by atoms with E-state index in [4.69, 9.17) is 0 Å². The molecule has 1 aromatic rings. The van der Waals surface area contributed by atoms with Crippen molar-refractivity contribution in [3.63, 3.8) is 0 Å². The lowest BCUT2D eigenvalue weighted by Crippen LogP contribution is -2.94. The summed E-state index contributed by atoms with van der Waals surface area (Å²) in [4.78, 5) is 11.4. The second kappa shape index (κ2) is 11.4. The monoisotopic (exact) mass is 456 g/mol. The van der Waals surface area contributed by atoms with Crippen LogP contribution in [-0.2, 0) is 38.9 Å². The molecule has 0 amide bonds. The van der Waals surface area contributed by atoms with Gasteiger partial charge in [-0.2, -0.15) is 0 Å². The van der Waals surface area contributed by atoms with Crippen LogP contribution in [0.3, 0.4) is 0 Å². The van der Waals surface area contributed by atoms with E-state index in [0.717, 1.165) is 96.0 Å². The molecule has 180 valence electrons. The Labute approximate surface area is 197 Å². The number of quaternary nitrogens is 1. The molecule has 0 radical (unpaired) electrons. The van der Waals surface area contributed by atoms with Gasteiger partial charge in [0, 0.05) is 18.7 Å². The molecule has 0 unspecified atom stereocenters. The van der Waals surface area contributed by atoms with Gasteiger partial charge in [0.25, 0.3) is 0 Å². The van der Waals surface area contributed by atoms with Crippen molar-refractivity contribution in [2.75, 3.05) is 39.3 Å². The molecule has 3 heterocycles. The highest BCUT2D eigenvalue weighted by Gasteiger charge is 2.25. The van der Waals surface area contributed by atoms with Crippen LogP contribution < -0.4 is 41.9 Å². The summed E-state index contributed by atoms with van der Waals surface area (Å²) in [5.41, 5.74) is 8.79. The maximum Gasteiger partial charge on any atom is 0.438 e. The summed E-state index contributed by atoms with van der Waals surface area (Å²) in [6.45, 7) is 15.2. The molecule has 9 nitrogen and oxygen atoms in total. The SMILES string of the molecule is CCc1c(CNC2=NCCN2)c(CC)c(CNC2=[NH+]CC[NH2+]2)c(CC)c1CNC1=[NH+]CCN1. The zero-order valence-corrected chi connectivity index (χ0v) is 20.5. The Morgan fingerprint density at radius 1 is 0.758 bits per heavy atom. The van der Waals surface area contributed by atoms with Gasteiger partial charge in [-0.3, -0.25) is 20.6 Å². The molecule has 0 atom stereocenters. The maximum absolute atomic E-state index is 4.55. The average molecular weight is 457 g/mol. The van der Waals surface area contributed by atoms with Crippen LogP contribution in [0, 0.1) is 0 Å². The van der Waals surface area contributed by atoms with Gasteiger partial charge in [-0.05, 0) is 47.1 Å². The largest absolute Gasteiger partial charge is 0.438 e. The van der Waals surface area contributed by atoms with E-state index in [2.05, 4.69) is 67.6 Å². The summed E-state index contributed by atoms with van der Waals surface area (Å²) in [5.74, 6) is 3.13. The van der Waals surface area contributed by atoms with Crippen molar-refractivity contribution in [2.45, 2.75) is 59.7 Å². The number of benzene rings is 1. The Hall–Kier alpha value is -2.81. The van der Waals surface area contributed by atoms with Crippen LogP contribution in [0.2, 0.25) is 0 Å². The Balaban J connectivity index is 1.71. The predicted octanol–water partition coefficient (Wildman–Crippen LogP) is -4.34. The molecule has 0 aliphatic carbocycles. The second-order valence-corrected chi connectivity index (χ2v) is 8.71. The van der Waals surface area contributed by atoms with Crippen molar-refractivity contribution in [3.8, 4) is 0 Å². The molecule has 3 aliphatic heterocycles. The van der Waals surface area contributed by atoms with E-state index in [1.165, 1.54) is 33.4 Å². The molecule has 1 aromatic carbocycles. The third kappa shape index (κ3) is 5.40. The fraction of sp³-hybridized carbons (Fsp3) is 0.625. The first-order valence-corrected chi connectivity index (χ1v) is 12.7. The number of hydrogen-bond donors (Lipinski definition) is 8. The van der Waals surface area contributed by atoms with Crippen molar-refractivity contribution in [1.29, 1.82) is 0 Å². The van der Waals surface area contributed by atoms with Gasteiger partial charge in [-0.15, -0.1) is 0 Å². The molecule has 0 bridgehead atoms. The highest BCUT2D eigenvalue weighted by molar-refractivity contribution is 5.81. The lowest BCUT2D eigenvalue weighted by molar-refractivity contribution is -0.541. The van der Waals surface area contributed by atoms with E-state index in [9.17, 15) is 0 Å². The van der Waals surface area contributed by atoms with Crippen LogP contribution in [0.1, 0.15) is 54.2 Å². The maximum atomic E-state index is 4.55. The van der Waals surface area contributed by atoms with Crippen molar-refractivity contribution in [3.05, 3.63) is 33.4 Å². The van der Waals surface area contributed by atoms with E-state index in [-0.39, 0.29) is 0 Å². The molecule has 0 aromatic heterocycles. The van der Waals surface area contributed by atoms with Gasteiger partial charge in [-0.25, -0.2) is 15.6 Å². The molecular formula is C24H42N9+3. The van der Waals surface area contributed by atoms with Gasteiger partial charge in [0.1, 0.15) is 19.6 Å². The Morgan fingerprint density at radius 3 is 1.94 bits per heavy atom. The van der Waals surface area contributed by atoms with Crippen LogP contribution >= 0.6 is 0 Å². The van der Waals surface area contributed by atoms with Gasteiger partial charge >= 0.3 is 11.9 Å². The Bertz CT molecular complexity index is 792. The number of guanidine groups is 3. The third-order valence-corrected chi connectivity index (χ3v) is 6.79. The number of nitrogens with one attached hydrogen (secondary N) is 7. The first-order chi connectivity index (χ1) is 16.2. The molecule has 0 spiro atoms. The first-order valence-electron chi connectivity index (χ1n) is 12.7. The summed E-state index contributed by atoms with van der Waals surface area (Å²) in [7, 11) is 0. The van der Waals surface area contributed by atoms with Crippen LogP contribution in [0.5, 0.6) is 0 Å². The van der Waals surface area contributed by atoms with Gasteiger partial charge < -0.3 is 10.6 Å². The van der Waals surface area contributed by atoms with Crippen molar-refractivity contribution >= 4 is 17.9 Å². The van der Waals surface area contributed by atoms with Crippen molar-refractivity contribution in [1.82, 2.24) is 26.6 Å². The predicted molar refractivity (Wildman–Crippen MR) is 132 cm³/mol. The van der Waals surface area contributed by atoms with Gasteiger partial charge in [0.05, 0.1) is 26.2 Å².